The molecule has 3 heteroatoms. The molecular weight excluding hydrogens is 450 g/mol. The largest absolute Gasteiger partial charge is 0.372 e. The number of rotatable bonds is 3. The maximum atomic E-state index is 5.55. The Labute approximate surface area is 134 Å². The third-order valence-corrected chi connectivity index (χ3v) is 4.49. The van der Waals surface area contributed by atoms with Gasteiger partial charge >= 0.3 is 0 Å². The van der Waals surface area contributed by atoms with Gasteiger partial charge in [-0.1, -0.05) is 24.3 Å². The molecule has 1 fully saturated rings. The molecule has 18 heavy (non-hydrogen) atoms. The van der Waals surface area contributed by atoms with Crippen LogP contribution in [0.4, 0.5) is 0 Å². The van der Waals surface area contributed by atoms with Crippen molar-refractivity contribution in [2.75, 3.05) is 6.61 Å². The summed E-state index contributed by atoms with van der Waals surface area (Å²) in [6.07, 6.45) is 0.349. The predicted molar refractivity (Wildman–Crippen MR) is 89.9 cm³/mol. The molecule has 0 aliphatic carbocycles. The summed E-state index contributed by atoms with van der Waals surface area (Å²) in [4.78, 5) is 0. The molecule has 1 unspecified atom stereocenters. The van der Waals surface area contributed by atoms with Crippen LogP contribution in [-0.4, -0.2) is 12.7 Å². The van der Waals surface area contributed by atoms with E-state index in [9.17, 15) is 0 Å². The van der Waals surface area contributed by atoms with Crippen molar-refractivity contribution in [1.29, 1.82) is 0 Å². The monoisotopic (exact) mass is 462 g/mol. The summed E-state index contributed by atoms with van der Waals surface area (Å²) in [7, 11) is 0. The highest BCUT2D eigenvalue weighted by Gasteiger charge is 2.35. The van der Waals surface area contributed by atoms with Crippen LogP contribution < -0.4 is 0 Å². The third kappa shape index (κ3) is 2.88. The van der Waals surface area contributed by atoms with E-state index in [0.29, 0.717) is 12.0 Å². The first kappa shape index (κ1) is 12.9. The highest BCUT2D eigenvalue weighted by Crippen LogP contribution is 2.36. The molecule has 2 aromatic carbocycles. The Balaban J connectivity index is 2.03. The summed E-state index contributed by atoms with van der Waals surface area (Å²) in [6.45, 7) is 0.877. The van der Waals surface area contributed by atoms with Crippen LogP contribution in [0.15, 0.2) is 48.5 Å². The van der Waals surface area contributed by atoms with Crippen LogP contribution in [0.1, 0.15) is 17.0 Å². The van der Waals surface area contributed by atoms with Crippen molar-refractivity contribution in [3.8, 4) is 0 Å². The van der Waals surface area contributed by atoms with Gasteiger partial charge in [0.2, 0.25) is 0 Å². The van der Waals surface area contributed by atoms with Crippen LogP contribution in [0, 0.1) is 7.14 Å². The predicted octanol–water partition coefficient (Wildman–Crippen LogP) is 4.43. The zero-order valence-electron chi connectivity index (χ0n) is 9.64. The second-order valence-electron chi connectivity index (χ2n) is 4.46. The van der Waals surface area contributed by atoms with Gasteiger partial charge in [-0.25, -0.2) is 0 Å². The standard InChI is InChI=1S/C15H12I2O/c16-12-5-1-3-10(7-12)15(14-9-18-14)11-4-2-6-13(17)8-11/h1-8,14-15H,9H2. The molecule has 0 bridgehead atoms. The van der Waals surface area contributed by atoms with Crippen LogP contribution in [0.5, 0.6) is 0 Å². The Morgan fingerprint density at radius 3 is 1.83 bits per heavy atom. The minimum atomic E-state index is 0.349. The molecule has 1 aliphatic rings. The molecule has 1 atom stereocenters. The lowest BCUT2D eigenvalue weighted by molar-refractivity contribution is 0.389. The molecule has 0 spiro atoms. The summed E-state index contributed by atoms with van der Waals surface area (Å²) < 4.78 is 8.11. The van der Waals surface area contributed by atoms with Crippen molar-refractivity contribution in [3.63, 3.8) is 0 Å². The average Bonchev–Trinajstić information content (AvgIpc) is 3.14. The van der Waals surface area contributed by atoms with Crippen molar-refractivity contribution in [1.82, 2.24) is 0 Å². The van der Waals surface area contributed by atoms with E-state index in [1.807, 2.05) is 0 Å². The molecule has 0 N–H and O–H groups in total. The number of ether oxygens (including phenoxy) is 1. The van der Waals surface area contributed by atoms with Crippen LogP contribution >= 0.6 is 45.2 Å². The van der Waals surface area contributed by atoms with Crippen LogP contribution in [0.25, 0.3) is 0 Å². The number of hydrogen-bond donors (Lipinski definition) is 0. The van der Waals surface area contributed by atoms with Crippen molar-refractivity contribution >= 4 is 45.2 Å². The van der Waals surface area contributed by atoms with E-state index >= 15 is 0 Å². The van der Waals surface area contributed by atoms with Crippen LogP contribution in [0.3, 0.4) is 0 Å². The van der Waals surface area contributed by atoms with Crippen molar-refractivity contribution in [3.05, 3.63) is 66.8 Å². The fraction of sp³-hybridized carbons (Fsp3) is 0.200. The SMILES string of the molecule is Ic1cccc(C(c2cccc(I)c2)C2CO2)c1. The van der Waals surface area contributed by atoms with E-state index < -0.39 is 0 Å². The molecule has 0 amide bonds. The van der Waals surface area contributed by atoms with Gasteiger partial charge in [0, 0.05) is 13.1 Å². The first-order valence-electron chi connectivity index (χ1n) is 5.86. The molecule has 3 rings (SSSR count). The topological polar surface area (TPSA) is 12.5 Å². The third-order valence-electron chi connectivity index (χ3n) is 3.15. The van der Waals surface area contributed by atoms with Crippen molar-refractivity contribution < 1.29 is 4.74 Å². The second-order valence-corrected chi connectivity index (χ2v) is 6.95. The van der Waals surface area contributed by atoms with Gasteiger partial charge in [0.1, 0.15) is 0 Å². The van der Waals surface area contributed by atoms with Crippen LogP contribution in [0.2, 0.25) is 0 Å². The lowest BCUT2D eigenvalue weighted by Crippen LogP contribution is -2.08. The van der Waals surface area contributed by atoms with Gasteiger partial charge in [-0.15, -0.1) is 0 Å². The number of halogens is 2. The normalized spacial score (nSPS) is 18.1. The second kappa shape index (κ2) is 5.46. The minimum absolute atomic E-state index is 0.349. The Morgan fingerprint density at radius 1 is 0.944 bits per heavy atom. The summed E-state index contributed by atoms with van der Waals surface area (Å²) in [5, 5.41) is 0. The number of hydrogen-bond acceptors (Lipinski definition) is 1. The van der Waals surface area contributed by atoms with Gasteiger partial charge in [-0.3, -0.25) is 0 Å². The van der Waals surface area contributed by atoms with Gasteiger partial charge in [0.05, 0.1) is 12.7 Å². The summed E-state index contributed by atoms with van der Waals surface area (Å²) in [5.41, 5.74) is 2.71. The summed E-state index contributed by atoms with van der Waals surface area (Å²) in [6, 6.07) is 17.4. The van der Waals surface area contributed by atoms with Gasteiger partial charge in [0.15, 0.2) is 0 Å². The highest BCUT2D eigenvalue weighted by atomic mass is 127. The van der Waals surface area contributed by atoms with Gasteiger partial charge in [-0.2, -0.15) is 0 Å². The molecule has 1 nitrogen and oxygen atoms in total. The molecule has 0 aromatic heterocycles. The molecule has 1 aliphatic heterocycles. The molecule has 1 saturated heterocycles. The first-order chi connectivity index (χ1) is 8.74. The molecule has 1 heterocycles. The smallest absolute Gasteiger partial charge is 0.0918 e. The van der Waals surface area contributed by atoms with E-state index in [1.54, 1.807) is 0 Å². The van der Waals surface area contributed by atoms with Crippen LogP contribution in [-0.2, 0) is 4.74 Å². The summed E-state index contributed by atoms with van der Waals surface area (Å²) >= 11 is 4.73. The maximum Gasteiger partial charge on any atom is 0.0918 e. The van der Waals surface area contributed by atoms with Crippen molar-refractivity contribution in [2.45, 2.75) is 12.0 Å². The lowest BCUT2D eigenvalue weighted by atomic mass is 9.89. The van der Waals surface area contributed by atoms with E-state index in [2.05, 4.69) is 93.7 Å². The van der Waals surface area contributed by atoms with Gasteiger partial charge < -0.3 is 4.74 Å². The zero-order chi connectivity index (χ0) is 12.5. The Bertz CT molecular complexity index is 518. The average molecular weight is 462 g/mol. The zero-order valence-corrected chi connectivity index (χ0v) is 14.0. The summed E-state index contributed by atoms with van der Waals surface area (Å²) in [5.74, 6) is 0.370. The molecular formula is C15H12I2O. The fourth-order valence-corrected chi connectivity index (χ4v) is 3.40. The van der Waals surface area contributed by atoms with E-state index in [4.69, 9.17) is 4.74 Å². The Morgan fingerprint density at radius 2 is 1.44 bits per heavy atom. The Hall–Kier alpha value is -0.140. The first-order valence-corrected chi connectivity index (χ1v) is 8.02. The molecule has 0 saturated carbocycles. The quantitative estimate of drug-likeness (QED) is 0.486. The fourth-order valence-electron chi connectivity index (χ4n) is 2.27. The molecule has 92 valence electrons. The molecule has 2 aromatic rings. The number of epoxide rings is 1. The Kier molecular flexibility index (Phi) is 3.91. The minimum Gasteiger partial charge on any atom is -0.372 e. The van der Waals surface area contributed by atoms with E-state index in [1.165, 1.54) is 18.3 Å². The number of benzene rings is 2. The van der Waals surface area contributed by atoms with Gasteiger partial charge in [0.25, 0.3) is 0 Å². The van der Waals surface area contributed by atoms with E-state index in [0.717, 1.165) is 6.61 Å². The lowest BCUT2D eigenvalue weighted by Gasteiger charge is -2.16. The maximum absolute atomic E-state index is 5.55. The van der Waals surface area contributed by atoms with Crippen molar-refractivity contribution in [2.24, 2.45) is 0 Å². The van der Waals surface area contributed by atoms with Gasteiger partial charge in [-0.05, 0) is 80.6 Å². The highest BCUT2D eigenvalue weighted by molar-refractivity contribution is 14.1. The van der Waals surface area contributed by atoms with E-state index in [-0.39, 0.29) is 0 Å². The molecule has 0 radical (unpaired) electrons.